The first-order valence-electron chi connectivity index (χ1n) is 10.9. The van der Waals surface area contributed by atoms with Gasteiger partial charge < -0.3 is 18.9 Å². The van der Waals surface area contributed by atoms with E-state index in [1.165, 1.54) is 4.90 Å². The lowest BCUT2D eigenvalue weighted by Gasteiger charge is -2.11. The monoisotopic (exact) mass is 491 g/mol. The molecule has 0 aromatic heterocycles. The van der Waals surface area contributed by atoms with Crippen LogP contribution in [0.15, 0.2) is 119 Å². The van der Waals surface area contributed by atoms with Crippen LogP contribution in [0.1, 0.15) is 0 Å². The third kappa shape index (κ3) is 8.08. The molecule has 3 aromatic rings. The van der Waals surface area contributed by atoms with Crippen molar-refractivity contribution in [3.8, 4) is 11.5 Å². The number of hydrogen-bond acceptors (Lipinski definition) is 6. The van der Waals surface area contributed by atoms with Crippen LogP contribution in [0.4, 0.5) is 0 Å². The minimum Gasteiger partial charge on any atom is -0.490 e. The van der Waals surface area contributed by atoms with Gasteiger partial charge in [0.15, 0.2) is 14.7 Å². The maximum absolute atomic E-state index is 11.1. The zero-order chi connectivity index (χ0) is 24.9. The lowest BCUT2D eigenvalue weighted by molar-refractivity contribution is -0.139. The highest BCUT2D eigenvalue weighted by atomic mass is 32.2. The van der Waals surface area contributed by atoms with E-state index in [-0.39, 0.29) is 37.3 Å². The molecular formula is C28H27O6S+. The van der Waals surface area contributed by atoms with Crippen molar-refractivity contribution in [3.63, 3.8) is 0 Å². The summed E-state index contributed by atoms with van der Waals surface area (Å²) in [4.78, 5) is 25.7. The van der Waals surface area contributed by atoms with Crippen molar-refractivity contribution in [3.05, 3.63) is 104 Å². The van der Waals surface area contributed by atoms with Crippen LogP contribution in [-0.4, -0.2) is 38.4 Å². The van der Waals surface area contributed by atoms with Crippen molar-refractivity contribution >= 4 is 22.8 Å². The minimum atomic E-state index is -0.469. The fourth-order valence-corrected chi connectivity index (χ4v) is 5.09. The first kappa shape index (κ1) is 25.6. The van der Waals surface area contributed by atoms with Gasteiger partial charge in [0.1, 0.15) is 37.9 Å². The van der Waals surface area contributed by atoms with E-state index in [0.29, 0.717) is 11.5 Å². The predicted molar refractivity (Wildman–Crippen MR) is 135 cm³/mol. The molecule has 0 aliphatic rings. The first-order valence-corrected chi connectivity index (χ1v) is 12.2. The van der Waals surface area contributed by atoms with Crippen LogP contribution in [0.25, 0.3) is 0 Å². The summed E-state index contributed by atoms with van der Waals surface area (Å²) in [7, 11) is -0.333. The Kier molecular flexibility index (Phi) is 10.0. The predicted octanol–water partition coefficient (Wildman–Crippen LogP) is 5.00. The standard InChI is InChI=1S/C28H27O6S/c1-3-27(29)33-20-18-31-22-10-14-25(15-11-22)35(24-8-6-5-7-9-24)26-16-12-23(13-17-26)32-19-21-34-28(30)4-2/h3-17H,1-2,18-21H2/q+1. The SMILES string of the molecule is C=CC(=O)OCCOc1ccc([S+](c2ccccc2)c2ccc(OCCOC(=O)C=C)cc2)cc1. The Hall–Kier alpha value is -3.97. The minimum absolute atomic E-state index is 0.159. The van der Waals surface area contributed by atoms with Crippen molar-refractivity contribution < 1.29 is 28.5 Å². The summed E-state index contributed by atoms with van der Waals surface area (Å²) in [6.07, 6.45) is 2.25. The normalized spacial score (nSPS) is 10.3. The third-order valence-electron chi connectivity index (χ3n) is 4.62. The van der Waals surface area contributed by atoms with Crippen LogP contribution >= 0.6 is 0 Å². The lowest BCUT2D eigenvalue weighted by atomic mass is 10.3. The molecule has 0 saturated carbocycles. The van der Waals surface area contributed by atoms with Crippen LogP contribution in [0.2, 0.25) is 0 Å². The Morgan fingerprint density at radius 1 is 0.600 bits per heavy atom. The molecule has 0 aliphatic heterocycles. The van der Waals surface area contributed by atoms with Gasteiger partial charge in [0.05, 0.1) is 10.9 Å². The van der Waals surface area contributed by atoms with E-state index in [9.17, 15) is 9.59 Å². The molecule has 3 rings (SSSR count). The fraction of sp³-hybridized carbons (Fsp3) is 0.143. The van der Waals surface area contributed by atoms with Gasteiger partial charge in [-0.15, -0.1) is 0 Å². The zero-order valence-corrected chi connectivity index (χ0v) is 20.1. The van der Waals surface area contributed by atoms with Crippen molar-refractivity contribution in [1.29, 1.82) is 0 Å². The molecule has 0 heterocycles. The number of ether oxygens (including phenoxy) is 4. The lowest BCUT2D eigenvalue weighted by Crippen LogP contribution is -2.10. The number of carbonyl (C=O) groups is 2. The number of rotatable bonds is 13. The molecule has 35 heavy (non-hydrogen) atoms. The van der Waals surface area contributed by atoms with Crippen molar-refractivity contribution in [2.75, 3.05) is 26.4 Å². The second kappa shape index (κ2) is 13.7. The molecule has 0 saturated heterocycles. The highest BCUT2D eigenvalue weighted by molar-refractivity contribution is 7.97. The average Bonchev–Trinajstić information content (AvgIpc) is 2.91. The molecular weight excluding hydrogens is 464 g/mol. The number of carbonyl (C=O) groups excluding carboxylic acids is 2. The summed E-state index contributed by atoms with van der Waals surface area (Å²) in [5.74, 6) is 0.452. The van der Waals surface area contributed by atoms with Crippen molar-refractivity contribution in [2.24, 2.45) is 0 Å². The number of esters is 2. The first-order chi connectivity index (χ1) is 17.1. The molecule has 0 N–H and O–H groups in total. The Bertz CT molecular complexity index is 1040. The summed E-state index contributed by atoms with van der Waals surface area (Å²) in [6, 6.07) is 26.1. The summed E-state index contributed by atoms with van der Waals surface area (Å²) >= 11 is 0. The molecule has 0 aliphatic carbocycles. The largest absolute Gasteiger partial charge is 0.490 e. The highest BCUT2D eigenvalue weighted by Crippen LogP contribution is 2.33. The molecule has 0 unspecified atom stereocenters. The van der Waals surface area contributed by atoms with E-state index in [0.717, 1.165) is 21.9 Å². The van der Waals surface area contributed by atoms with Gasteiger partial charge in [-0.25, -0.2) is 9.59 Å². The van der Waals surface area contributed by atoms with Gasteiger partial charge >= 0.3 is 11.9 Å². The Labute approximate surface area is 208 Å². The molecule has 6 nitrogen and oxygen atoms in total. The van der Waals surface area contributed by atoms with Crippen LogP contribution < -0.4 is 9.47 Å². The second-order valence-electron chi connectivity index (χ2n) is 7.00. The molecule has 0 spiro atoms. The van der Waals surface area contributed by atoms with Gasteiger partial charge in [0, 0.05) is 12.2 Å². The van der Waals surface area contributed by atoms with E-state index < -0.39 is 11.9 Å². The highest BCUT2D eigenvalue weighted by Gasteiger charge is 2.28. The Balaban J connectivity index is 1.68. The Morgan fingerprint density at radius 3 is 1.40 bits per heavy atom. The molecule has 180 valence electrons. The van der Waals surface area contributed by atoms with Crippen LogP contribution in [-0.2, 0) is 30.0 Å². The molecule has 0 bridgehead atoms. The number of hydrogen-bond donors (Lipinski definition) is 0. The van der Waals surface area contributed by atoms with Gasteiger partial charge in [-0.3, -0.25) is 0 Å². The quantitative estimate of drug-likeness (QED) is 0.145. The van der Waals surface area contributed by atoms with Crippen LogP contribution in [0.5, 0.6) is 11.5 Å². The van der Waals surface area contributed by atoms with Crippen LogP contribution in [0.3, 0.4) is 0 Å². The van der Waals surface area contributed by atoms with E-state index in [4.69, 9.17) is 18.9 Å². The van der Waals surface area contributed by atoms with Gasteiger partial charge in [-0.05, 0) is 60.7 Å². The average molecular weight is 492 g/mol. The summed E-state index contributed by atoms with van der Waals surface area (Å²) in [5, 5.41) is 0. The van der Waals surface area contributed by atoms with E-state index in [1.807, 2.05) is 66.7 Å². The number of benzene rings is 3. The van der Waals surface area contributed by atoms with Crippen molar-refractivity contribution in [2.45, 2.75) is 14.7 Å². The molecule has 3 aromatic carbocycles. The summed E-state index contributed by atoms with van der Waals surface area (Å²) < 4.78 is 21.2. The van der Waals surface area contributed by atoms with E-state index in [2.05, 4.69) is 25.3 Å². The molecule has 0 fully saturated rings. The van der Waals surface area contributed by atoms with E-state index >= 15 is 0 Å². The second-order valence-corrected chi connectivity index (χ2v) is 9.03. The van der Waals surface area contributed by atoms with Gasteiger partial charge in [0.25, 0.3) is 0 Å². The van der Waals surface area contributed by atoms with Gasteiger partial charge in [-0.1, -0.05) is 31.4 Å². The van der Waals surface area contributed by atoms with Crippen molar-refractivity contribution in [1.82, 2.24) is 0 Å². The molecule has 0 amide bonds. The zero-order valence-electron chi connectivity index (χ0n) is 19.3. The molecule has 0 atom stereocenters. The van der Waals surface area contributed by atoms with Gasteiger partial charge in [-0.2, -0.15) is 0 Å². The Morgan fingerprint density at radius 2 is 1.00 bits per heavy atom. The maximum Gasteiger partial charge on any atom is 0.330 e. The fourth-order valence-electron chi connectivity index (χ4n) is 3.03. The summed E-state index contributed by atoms with van der Waals surface area (Å²) in [5.41, 5.74) is 0. The summed E-state index contributed by atoms with van der Waals surface area (Å²) in [6.45, 7) is 7.57. The molecule has 0 radical (unpaired) electrons. The van der Waals surface area contributed by atoms with E-state index in [1.54, 1.807) is 0 Å². The maximum atomic E-state index is 11.1. The van der Waals surface area contributed by atoms with Crippen LogP contribution in [0, 0.1) is 0 Å². The smallest absolute Gasteiger partial charge is 0.330 e. The molecule has 7 heteroatoms. The topological polar surface area (TPSA) is 71.1 Å². The van der Waals surface area contributed by atoms with Gasteiger partial charge in [0.2, 0.25) is 0 Å². The third-order valence-corrected chi connectivity index (χ3v) is 6.85.